The molecule has 1 aliphatic rings. The van der Waals surface area contributed by atoms with E-state index in [4.69, 9.17) is 5.73 Å². The van der Waals surface area contributed by atoms with Gasteiger partial charge in [0.05, 0.1) is 5.82 Å². The summed E-state index contributed by atoms with van der Waals surface area (Å²) >= 11 is 0. The first-order chi connectivity index (χ1) is 13.3. The summed E-state index contributed by atoms with van der Waals surface area (Å²) in [5.41, 5.74) is 5.75. The highest BCUT2D eigenvalue weighted by Gasteiger charge is 2.04. The van der Waals surface area contributed by atoms with Crippen LogP contribution >= 0.6 is 0 Å². The predicted octanol–water partition coefficient (Wildman–Crippen LogP) is 3.53. The Labute approximate surface area is 171 Å². The fraction of sp³-hybridized carbons (Fsp3) is 0.619. The van der Waals surface area contributed by atoms with E-state index in [0.29, 0.717) is 6.41 Å². The molecule has 0 saturated carbocycles. The number of carbonyl (C=O) groups excluding carboxylic acids is 1. The highest BCUT2D eigenvalue weighted by Crippen LogP contribution is 1.99. The molecular formula is C21H40N6O. The van der Waals surface area contributed by atoms with Gasteiger partial charge in [0.2, 0.25) is 6.41 Å². The molecule has 0 radical (unpaired) electrons. The van der Waals surface area contributed by atoms with E-state index in [0.717, 1.165) is 44.6 Å². The van der Waals surface area contributed by atoms with Crippen LogP contribution in [0.3, 0.4) is 0 Å². The summed E-state index contributed by atoms with van der Waals surface area (Å²) in [5.74, 6) is 0.875. The van der Waals surface area contributed by atoms with Crippen molar-refractivity contribution in [1.82, 2.24) is 10.2 Å². The van der Waals surface area contributed by atoms with Crippen molar-refractivity contribution in [2.75, 3.05) is 20.1 Å². The van der Waals surface area contributed by atoms with E-state index in [2.05, 4.69) is 33.5 Å². The van der Waals surface area contributed by atoms with E-state index in [1.54, 1.807) is 12.4 Å². The van der Waals surface area contributed by atoms with Crippen LogP contribution in [0.5, 0.6) is 0 Å². The summed E-state index contributed by atoms with van der Waals surface area (Å²) < 4.78 is 0. The van der Waals surface area contributed by atoms with Gasteiger partial charge in [0.15, 0.2) is 0 Å². The molecule has 0 aromatic carbocycles. The van der Waals surface area contributed by atoms with E-state index in [9.17, 15) is 4.79 Å². The summed E-state index contributed by atoms with van der Waals surface area (Å²) in [6.07, 6.45) is 16.2. The van der Waals surface area contributed by atoms with Crippen LogP contribution in [0.25, 0.3) is 0 Å². The minimum absolute atomic E-state index is 0.0677. The lowest BCUT2D eigenvalue weighted by atomic mass is 10.1. The molecule has 7 nitrogen and oxygen atoms in total. The number of aliphatic imine (C=N–C) groups is 1. The van der Waals surface area contributed by atoms with Gasteiger partial charge >= 0.3 is 0 Å². The Balaban J connectivity index is 0. The average molecular weight is 393 g/mol. The monoisotopic (exact) mass is 392 g/mol. The van der Waals surface area contributed by atoms with Crippen LogP contribution in [0.4, 0.5) is 0 Å². The molecule has 0 aromatic heterocycles. The van der Waals surface area contributed by atoms with Crippen LogP contribution in [-0.2, 0) is 4.79 Å². The molecule has 0 spiro atoms. The van der Waals surface area contributed by atoms with E-state index < -0.39 is 0 Å². The molecule has 1 heterocycles. The van der Waals surface area contributed by atoms with E-state index in [1.165, 1.54) is 0 Å². The van der Waals surface area contributed by atoms with Crippen LogP contribution in [0.2, 0.25) is 0 Å². The molecule has 0 unspecified atom stereocenters. The third-order valence-electron chi connectivity index (χ3n) is 3.29. The highest BCUT2D eigenvalue weighted by atomic mass is 16.1. The van der Waals surface area contributed by atoms with Gasteiger partial charge in [-0.3, -0.25) is 9.79 Å². The lowest BCUT2D eigenvalue weighted by molar-refractivity contribution is -0.110. The summed E-state index contributed by atoms with van der Waals surface area (Å²) in [5, 5.41) is 9.89. The molecule has 0 fully saturated rings. The van der Waals surface area contributed by atoms with Gasteiger partial charge in [0.25, 0.3) is 0 Å². The fourth-order valence-electron chi connectivity index (χ4n) is 1.57. The number of nitrogens with one attached hydrogen (secondary N) is 1. The van der Waals surface area contributed by atoms with Gasteiger partial charge in [-0.15, -0.1) is 0 Å². The predicted molar refractivity (Wildman–Crippen MR) is 123 cm³/mol. The Hall–Kier alpha value is -2.44. The number of nitrogens with zero attached hydrogens (tertiary/aromatic N) is 4. The topological polar surface area (TPSA) is 95.4 Å². The molecule has 0 aliphatic carbocycles. The zero-order valence-electron chi connectivity index (χ0n) is 18.6. The first kappa shape index (κ1) is 27.8. The largest absolute Gasteiger partial charge is 0.386 e. The second-order valence-electron chi connectivity index (χ2n) is 6.99. The van der Waals surface area contributed by atoms with E-state index in [1.807, 2.05) is 58.0 Å². The van der Waals surface area contributed by atoms with Crippen LogP contribution in [0.15, 0.2) is 39.2 Å². The Morgan fingerprint density at radius 1 is 1.29 bits per heavy atom. The molecular weight excluding hydrogens is 352 g/mol. The molecule has 28 heavy (non-hydrogen) atoms. The van der Waals surface area contributed by atoms with Crippen molar-refractivity contribution in [3.05, 3.63) is 24.0 Å². The first-order valence-electron chi connectivity index (χ1n) is 9.84. The van der Waals surface area contributed by atoms with Gasteiger partial charge in [0, 0.05) is 44.5 Å². The lowest BCUT2D eigenvalue weighted by Crippen LogP contribution is -2.34. The number of nitrogens with two attached hydrogens (primary N) is 1. The molecule has 7 heteroatoms. The molecule has 1 aliphatic heterocycles. The summed E-state index contributed by atoms with van der Waals surface area (Å²) in [4.78, 5) is 15.9. The molecule has 1 rings (SSSR count). The Bertz CT molecular complexity index is 501. The van der Waals surface area contributed by atoms with E-state index >= 15 is 0 Å². The smallest absolute Gasteiger partial charge is 0.207 e. The molecule has 0 saturated heterocycles. The van der Waals surface area contributed by atoms with Crippen molar-refractivity contribution in [2.45, 2.75) is 65.8 Å². The minimum atomic E-state index is -0.0677. The minimum Gasteiger partial charge on any atom is -0.386 e. The van der Waals surface area contributed by atoms with Gasteiger partial charge in [-0.25, -0.2) is 0 Å². The van der Waals surface area contributed by atoms with Crippen molar-refractivity contribution < 1.29 is 4.79 Å². The third kappa shape index (κ3) is 23.6. The number of unbranched alkanes of at least 4 members (excludes halogenated alkanes) is 2. The highest BCUT2D eigenvalue weighted by molar-refractivity contribution is 5.74. The fourth-order valence-corrected chi connectivity index (χ4v) is 1.57. The molecule has 0 atom stereocenters. The van der Waals surface area contributed by atoms with Gasteiger partial charge in [-0.1, -0.05) is 6.08 Å². The summed E-state index contributed by atoms with van der Waals surface area (Å²) in [6, 6.07) is 0. The molecule has 160 valence electrons. The van der Waals surface area contributed by atoms with Crippen LogP contribution in [0, 0.1) is 0 Å². The molecule has 0 aromatic rings. The second-order valence-corrected chi connectivity index (χ2v) is 6.99. The van der Waals surface area contributed by atoms with Crippen molar-refractivity contribution in [3.63, 3.8) is 0 Å². The SMILES string of the molecule is C1=CCC=NN=C1.CC(C)(C)NC=O.CCN=CCCC/C=C(/N)N(C)CC. The van der Waals surface area contributed by atoms with Gasteiger partial charge in [0.1, 0.15) is 0 Å². The molecule has 1 amide bonds. The van der Waals surface area contributed by atoms with Crippen molar-refractivity contribution >= 4 is 25.1 Å². The molecule has 3 N–H and O–H groups in total. The van der Waals surface area contributed by atoms with Crippen molar-refractivity contribution in [1.29, 1.82) is 0 Å². The van der Waals surface area contributed by atoms with Crippen LogP contribution in [0.1, 0.15) is 60.3 Å². The maximum Gasteiger partial charge on any atom is 0.207 e. The Morgan fingerprint density at radius 3 is 2.54 bits per heavy atom. The number of rotatable bonds is 8. The normalized spacial score (nSPS) is 13.1. The lowest BCUT2D eigenvalue weighted by Gasteiger charge is -2.16. The first-order valence-corrected chi connectivity index (χ1v) is 9.84. The Morgan fingerprint density at radius 2 is 2.00 bits per heavy atom. The van der Waals surface area contributed by atoms with Gasteiger partial charge < -0.3 is 16.0 Å². The number of amides is 1. The van der Waals surface area contributed by atoms with Crippen LogP contribution in [-0.4, -0.2) is 55.6 Å². The van der Waals surface area contributed by atoms with Crippen molar-refractivity contribution in [2.24, 2.45) is 20.9 Å². The van der Waals surface area contributed by atoms with E-state index in [-0.39, 0.29) is 5.54 Å². The standard InChI is InChI=1S/C11H23N3.C5H6N2.C5H11NO/c1-4-13-10-8-6-7-9-11(12)14(3)5-2;1-2-4-6-7-5-3-1;1-5(2,3)6-4-7/h9-10H,4-8,12H2,1-3H3;1-2,4-5H,3H2;4H,1-3H3,(H,6,7)/b11-9-,13-10?;;. The second kappa shape index (κ2) is 19.3. The number of hydrogen-bond acceptors (Lipinski definition) is 6. The third-order valence-corrected chi connectivity index (χ3v) is 3.29. The maximum absolute atomic E-state index is 9.71. The average Bonchev–Trinajstić information content (AvgIpc) is 2.96. The zero-order valence-corrected chi connectivity index (χ0v) is 18.6. The quantitative estimate of drug-likeness (QED) is 0.376. The van der Waals surface area contributed by atoms with Crippen LogP contribution < -0.4 is 11.1 Å². The van der Waals surface area contributed by atoms with Gasteiger partial charge in [-0.2, -0.15) is 10.2 Å². The zero-order chi connectivity index (χ0) is 21.7. The number of carbonyl (C=O) groups is 1. The summed E-state index contributed by atoms with van der Waals surface area (Å²) in [6.45, 7) is 11.8. The Kier molecular flexibility index (Phi) is 19.2. The maximum atomic E-state index is 9.71. The number of hydrogen-bond donors (Lipinski definition) is 2. The van der Waals surface area contributed by atoms with Gasteiger partial charge in [-0.05, 0) is 72.2 Å². The number of allylic oxidation sites excluding steroid dienone is 3. The molecule has 0 bridgehead atoms. The summed E-state index contributed by atoms with van der Waals surface area (Å²) in [7, 11) is 2.00. The van der Waals surface area contributed by atoms with Crippen molar-refractivity contribution in [3.8, 4) is 0 Å².